The van der Waals surface area contributed by atoms with Crippen LogP contribution in [0.1, 0.15) is 5.56 Å². The first kappa shape index (κ1) is 11.6. The zero-order chi connectivity index (χ0) is 10.8. The van der Waals surface area contributed by atoms with Crippen LogP contribution in [0.25, 0.3) is 0 Å². The first-order valence-corrected chi connectivity index (χ1v) is 6.24. The van der Waals surface area contributed by atoms with Crippen LogP contribution in [0.15, 0.2) is 22.7 Å². The largest absolute Gasteiger partial charge is 0.218 e. The molecule has 0 fully saturated rings. The van der Waals surface area contributed by atoms with E-state index in [0.717, 1.165) is 0 Å². The topological polar surface area (TPSA) is 46.2 Å². The second-order valence-electron chi connectivity index (χ2n) is 2.71. The fraction of sp³-hybridized carbons (Fsp3) is 0.250. The molecule has 0 aliphatic carbocycles. The summed E-state index contributed by atoms with van der Waals surface area (Å²) in [5.74, 6) is -0.557. The monoisotopic (exact) mass is 281 g/mol. The summed E-state index contributed by atoms with van der Waals surface area (Å²) in [5.41, 5.74) is 0.535. The Morgan fingerprint density at radius 1 is 1.50 bits per heavy atom. The maximum absolute atomic E-state index is 12.8. The summed E-state index contributed by atoms with van der Waals surface area (Å²) >= 11 is 2.99. The van der Waals surface area contributed by atoms with Crippen molar-refractivity contribution >= 4 is 26.0 Å². The molecule has 1 aromatic rings. The lowest BCUT2D eigenvalue weighted by atomic mass is 10.2. The molecule has 0 saturated carbocycles. The quantitative estimate of drug-likeness (QED) is 0.916. The van der Waals surface area contributed by atoms with E-state index in [4.69, 9.17) is 0 Å². The molecule has 0 spiro atoms. The highest BCUT2D eigenvalue weighted by Crippen LogP contribution is 2.17. The van der Waals surface area contributed by atoms with Gasteiger partial charge in [-0.05, 0) is 40.7 Å². The van der Waals surface area contributed by atoms with Gasteiger partial charge in [-0.1, -0.05) is 6.07 Å². The van der Waals surface area contributed by atoms with E-state index in [1.165, 1.54) is 25.2 Å². The maximum Gasteiger partial charge on any atom is 0.215 e. The van der Waals surface area contributed by atoms with Gasteiger partial charge in [0.05, 0.1) is 10.2 Å². The molecule has 0 bridgehead atoms. The predicted molar refractivity (Wildman–Crippen MR) is 55.8 cm³/mol. The summed E-state index contributed by atoms with van der Waals surface area (Å²) in [4.78, 5) is 0. The van der Waals surface area contributed by atoms with Crippen molar-refractivity contribution in [3.63, 3.8) is 0 Å². The second-order valence-corrected chi connectivity index (χ2v) is 5.49. The first-order chi connectivity index (χ1) is 6.44. The van der Waals surface area contributed by atoms with Crippen LogP contribution in [0.2, 0.25) is 0 Å². The first-order valence-electron chi connectivity index (χ1n) is 3.80. The number of rotatable bonds is 3. The van der Waals surface area contributed by atoms with Crippen LogP contribution in [-0.2, 0) is 15.8 Å². The van der Waals surface area contributed by atoms with Gasteiger partial charge in [0.25, 0.3) is 0 Å². The molecular weight excluding hydrogens is 273 g/mol. The van der Waals surface area contributed by atoms with Gasteiger partial charge in [-0.3, -0.25) is 0 Å². The van der Waals surface area contributed by atoms with E-state index >= 15 is 0 Å². The standard InChI is InChI=1S/C8H9BrFNO2S/c1-11-14(12,13)5-6-2-3-8(10)7(9)4-6/h2-4,11H,5H2,1H3. The third-order valence-electron chi connectivity index (χ3n) is 1.65. The van der Waals surface area contributed by atoms with Crippen LogP contribution < -0.4 is 4.72 Å². The SMILES string of the molecule is CNS(=O)(=O)Cc1ccc(F)c(Br)c1. The third kappa shape index (κ3) is 3.04. The summed E-state index contributed by atoms with van der Waals surface area (Å²) in [6.07, 6.45) is 0. The molecule has 0 heterocycles. The molecule has 0 aliphatic heterocycles. The molecule has 78 valence electrons. The van der Waals surface area contributed by atoms with Gasteiger partial charge in [0.15, 0.2) is 0 Å². The molecule has 0 saturated heterocycles. The Morgan fingerprint density at radius 3 is 2.64 bits per heavy atom. The highest BCUT2D eigenvalue weighted by molar-refractivity contribution is 9.10. The Hall–Kier alpha value is -0.460. The van der Waals surface area contributed by atoms with Crippen molar-refractivity contribution in [2.75, 3.05) is 7.05 Å². The minimum Gasteiger partial charge on any atom is -0.218 e. The van der Waals surface area contributed by atoms with Crippen molar-refractivity contribution < 1.29 is 12.8 Å². The van der Waals surface area contributed by atoms with Gasteiger partial charge < -0.3 is 0 Å². The Labute approximate surface area is 90.5 Å². The molecule has 1 rings (SSSR count). The number of sulfonamides is 1. The molecule has 0 aromatic heterocycles. The molecule has 1 aromatic carbocycles. The van der Waals surface area contributed by atoms with E-state index < -0.39 is 15.8 Å². The third-order valence-corrected chi connectivity index (χ3v) is 3.59. The van der Waals surface area contributed by atoms with Gasteiger partial charge in [0.1, 0.15) is 5.82 Å². The van der Waals surface area contributed by atoms with E-state index in [2.05, 4.69) is 20.7 Å². The van der Waals surface area contributed by atoms with Crippen molar-refractivity contribution in [1.82, 2.24) is 4.72 Å². The molecule has 0 amide bonds. The van der Waals surface area contributed by atoms with Crippen LogP contribution in [0.4, 0.5) is 4.39 Å². The van der Waals surface area contributed by atoms with Crippen molar-refractivity contribution in [3.8, 4) is 0 Å². The van der Waals surface area contributed by atoms with Crippen LogP contribution in [0.5, 0.6) is 0 Å². The van der Waals surface area contributed by atoms with Gasteiger partial charge in [0, 0.05) is 0 Å². The van der Waals surface area contributed by atoms with Gasteiger partial charge >= 0.3 is 0 Å². The maximum atomic E-state index is 12.8. The molecule has 0 aliphatic rings. The second kappa shape index (κ2) is 4.37. The lowest BCUT2D eigenvalue weighted by molar-refractivity contribution is 0.587. The average molecular weight is 282 g/mol. The van der Waals surface area contributed by atoms with E-state index in [1.807, 2.05) is 0 Å². The molecule has 0 atom stereocenters. The number of nitrogens with one attached hydrogen (secondary N) is 1. The van der Waals surface area contributed by atoms with Gasteiger partial charge in [-0.25, -0.2) is 17.5 Å². The van der Waals surface area contributed by atoms with Crippen LogP contribution in [0, 0.1) is 5.82 Å². The average Bonchev–Trinajstić information content (AvgIpc) is 2.11. The minimum absolute atomic E-state index is 0.150. The molecule has 3 nitrogen and oxygen atoms in total. The van der Waals surface area contributed by atoms with E-state index in [1.54, 1.807) is 0 Å². The molecule has 14 heavy (non-hydrogen) atoms. The zero-order valence-corrected chi connectivity index (χ0v) is 9.82. The summed E-state index contributed by atoms with van der Waals surface area (Å²) < 4.78 is 37.5. The van der Waals surface area contributed by atoms with Gasteiger partial charge in [0.2, 0.25) is 10.0 Å². The highest BCUT2D eigenvalue weighted by atomic mass is 79.9. The summed E-state index contributed by atoms with van der Waals surface area (Å²) in [6.45, 7) is 0. The molecular formula is C8H9BrFNO2S. The fourth-order valence-electron chi connectivity index (χ4n) is 0.921. The lowest BCUT2D eigenvalue weighted by Gasteiger charge is -2.03. The fourth-order valence-corrected chi connectivity index (χ4v) is 2.11. The molecule has 1 N–H and O–H groups in total. The lowest BCUT2D eigenvalue weighted by Crippen LogP contribution is -2.20. The summed E-state index contributed by atoms with van der Waals surface area (Å²) in [5, 5.41) is 0. The van der Waals surface area contributed by atoms with Crippen LogP contribution in [-0.4, -0.2) is 15.5 Å². The number of halogens is 2. The summed E-state index contributed by atoms with van der Waals surface area (Å²) in [7, 11) is -1.95. The Balaban J connectivity index is 2.94. The van der Waals surface area contributed by atoms with Crippen molar-refractivity contribution in [3.05, 3.63) is 34.1 Å². The molecule has 0 radical (unpaired) electrons. The van der Waals surface area contributed by atoms with Crippen molar-refractivity contribution in [1.29, 1.82) is 0 Å². The Morgan fingerprint density at radius 2 is 2.14 bits per heavy atom. The van der Waals surface area contributed by atoms with Crippen LogP contribution >= 0.6 is 15.9 Å². The molecule has 0 unspecified atom stereocenters. The van der Waals surface area contributed by atoms with E-state index in [-0.39, 0.29) is 10.2 Å². The Bertz CT molecular complexity index is 433. The van der Waals surface area contributed by atoms with Gasteiger partial charge in [-0.2, -0.15) is 0 Å². The van der Waals surface area contributed by atoms with Gasteiger partial charge in [-0.15, -0.1) is 0 Å². The summed E-state index contributed by atoms with van der Waals surface area (Å²) in [6, 6.07) is 4.11. The number of hydrogen-bond donors (Lipinski definition) is 1. The Kier molecular flexibility index (Phi) is 3.63. The normalized spacial score (nSPS) is 11.6. The van der Waals surface area contributed by atoms with E-state index in [0.29, 0.717) is 5.56 Å². The smallest absolute Gasteiger partial charge is 0.215 e. The predicted octanol–water partition coefficient (Wildman–Crippen LogP) is 1.64. The number of benzene rings is 1. The van der Waals surface area contributed by atoms with Crippen molar-refractivity contribution in [2.24, 2.45) is 0 Å². The van der Waals surface area contributed by atoms with Crippen molar-refractivity contribution in [2.45, 2.75) is 5.75 Å². The molecule has 6 heteroatoms. The van der Waals surface area contributed by atoms with Crippen LogP contribution in [0.3, 0.4) is 0 Å². The number of hydrogen-bond acceptors (Lipinski definition) is 2. The van der Waals surface area contributed by atoms with E-state index in [9.17, 15) is 12.8 Å². The minimum atomic E-state index is -3.30. The zero-order valence-electron chi connectivity index (χ0n) is 7.42. The highest BCUT2D eigenvalue weighted by Gasteiger charge is 2.09.